The molecule has 0 N–H and O–H groups in total. The SMILES string of the molecule is Fc1ccc(C/C=C/C2(c3ccc(Cl)cc3)CC2)cc1Oc1ccccc1. The van der Waals surface area contributed by atoms with Gasteiger partial charge >= 0.3 is 0 Å². The molecule has 4 rings (SSSR count). The van der Waals surface area contributed by atoms with Gasteiger partial charge < -0.3 is 4.74 Å². The van der Waals surface area contributed by atoms with Crippen molar-refractivity contribution in [1.82, 2.24) is 0 Å². The zero-order chi connectivity index (χ0) is 18.7. The summed E-state index contributed by atoms with van der Waals surface area (Å²) in [5, 5.41) is 0.760. The Morgan fingerprint density at radius 1 is 0.963 bits per heavy atom. The van der Waals surface area contributed by atoms with E-state index in [1.807, 2.05) is 42.5 Å². The average Bonchev–Trinajstić information content (AvgIpc) is 3.47. The lowest BCUT2D eigenvalue weighted by molar-refractivity contribution is 0.441. The molecule has 3 aromatic carbocycles. The highest BCUT2D eigenvalue weighted by atomic mass is 35.5. The lowest BCUT2D eigenvalue weighted by Gasteiger charge is -2.11. The van der Waals surface area contributed by atoms with Gasteiger partial charge in [0.05, 0.1) is 0 Å². The van der Waals surface area contributed by atoms with Crippen molar-refractivity contribution in [3.05, 3.63) is 107 Å². The Morgan fingerprint density at radius 3 is 2.41 bits per heavy atom. The summed E-state index contributed by atoms with van der Waals surface area (Å²) < 4.78 is 19.8. The van der Waals surface area contributed by atoms with Crippen molar-refractivity contribution in [2.45, 2.75) is 24.7 Å². The third-order valence-corrected chi connectivity index (χ3v) is 5.22. The largest absolute Gasteiger partial charge is 0.454 e. The maximum Gasteiger partial charge on any atom is 0.165 e. The summed E-state index contributed by atoms with van der Waals surface area (Å²) >= 11 is 5.99. The van der Waals surface area contributed by atoms with E-state index in [2.05, 4.69) is 24.3 Å². The van der Waals surface area contributed by atoms with Crippen LogP contribution in [-0.2, 0) is 11.8 Å². The first kappa shape index (κ1) is 17.8. The van der Waals surface area contributed by atoms with Crippen LogP contribution in [0.25, 0.3) is 0 Å². The topological polar surface area (TPSA) is 9.23 Å². The quantitative estimate of drug-likeness (QED) is 0.415. The monoisotopic (exact) mass is 378 g/mol. The van der Waals surface area contributed by atoms with Crippen LogP contribution in [-0.4, -0.2) is 0 Å². The van der Waals surface area contributed by atoms with Crippen molar-refractivity contribution in [1.29, 1.82) is 0 Å². The minimum absolute atomic E-state index is 0.133. The Bertz CT molecular complexity index is 944. The summed E-state index contributed by atoms with van der Waals surface area (Å²) in [4.78, 5) is 0. The molecule has 0 radical (unpaired) electrons. The number of hydrogen-bond donors (Lipinski definition) is 0. The molecule has 1 saturated carbocycles. The molecule has 0 atom stereocenters. The second-order valence-corrected chi connectivity index (χ2v) is 7.39. The second kappa shape index (κ2) is 7.58. The smallest absolute Gasteiger partial charge is 0.165 e. The standard InChI is InChI=1S/C24H20ClFO/c25-20-11-9-19(10-12-20)24(15-16-24)14-4-5-18-8-13-22(26)23(17-18)27-21-6-2-1-3-7-21/h1-4,6-14,17H,5,15-16H2/b14-4+. The summed E-state index contributed by atoms with van der Waals surface area (Å²) in [6.07, 6.45) is 7.48. The maximum atomic E-state index is 14.1. The van der Waals surface area contributed by atoms with Crippen molar-refractivity contribution >= 4 is 11.6 Å². The van der Waals surface area contributed by atoms with Gasteiger partial charge in [-0.1, -0.05) is 60.2 Å². The van der Waals surface area contributed by atoms with Gasteiger partial charge in [-0.25, -0.2) is 4.39 Å². The van der Waals surface area contributed by atoms with E-state index in [0.29, 0.717) is 5.75 Å². The third kappa shape index (κ3) is 4.23. The average molecular weight is 379 g/mol. The lowest BCUT2D eigenvalue weighted by Crippen LogP contribution is -2.01. The fraction of sp³-hybridized carbons (Fsp3) is 0.167. The first-order chi connectivity index (χ1) is 13.1. The van der Waals surface area contributed by atoms with Gasteiger partial charge in [-0.2, -0.15) is 0 Å². The third-order valence-electron chi connectivity index (χ3n) is 4.96. The van der Waals surface area contributed by atoms with Crippen molar-refractivity contribution < 1.29 is 9.13 Å². The van der Waals surface area contributed by atoms with Crippen LogP contribution in [0.5, 0.6) is 11.5 Å². The predicted octanol–water partition coefficient (Wildman–Crippen LogP) is 7.10. The minimum atomic E-state index is -0.355. The molecule has 0 heterocycles. The molecule has 1 aliphatic carbocycles. The van der Waals surface area contributed by atoms with Crippen molar-refractivity contribution in [2.24, 2.45) is 0 Å². The molecule has 0 spiro atoms. The van der Waals surface area contributed by atoms with E-state index < -0.39 is 0 Å². The summed E-state index contributed by atoms with van der Waals surface area (Å²) in [5.74, 6) is 0.529. The molecule has 0 bridgehead atoms. The van der Waals surface area contributed by atoms with E-state index in [1.54, 1.807) is 12.1 Å². The van der Waals surface area contributed by atoms with Crippen LogP contribution in [0.1, 0.15) is 24.0 Å². The predicted molar refractivity (Wildman–Crippen MR) is 108 cm³/mol. The van der Waals surface area contributed by atoms with Crippen LogP contribution in [0.2, 0.25) is 5.02 Å². The van der Waals surface area contributed by atoms with E-state index >= 15 is 0 Å². The summed E-state index contributed by atoms with van der Waals surface area (Å²) in [7, 11) is 0. The first-order valence-corrected chi connectivity index (χ1v) is 9.48. The Labute approximate surface area is 164 Å². The summed E-state index contributed by atoms with van der Waals surface area (Å²) in [6.45, 7) is 0. The van der Waals surface area contributed by atoms with Gasteiger partial charge in [-0.3, -0.25) is 0 Å². The number of benzene rings is 3. The molecule has 1 nitrogen and oxygen atoms in total. The Kier molecular flexibility index (Phi) is 5.00. The Balaban J connectivity index is 1.46. The summed E-state index contributed by atoms with van der Waals surface area (Å²) in [6, 6.07) is 22.4. The number of ether oxygens (including phenoxy) is 1. The lowest BCUT2D eigenvalue weighted by atomic mass is 9.95. The fourth-order valence-electron chi connectivity index (χ4n) is 3.26. The Hall–Kier alpha value is -2.58. The van der Waals surface area contributed by atoms with E-state index in [9.17, 15) is 4.39 Å². The summed E-state index contributed by atoms with van der Waals surface area (Å²) in [5.41, 5.74) is 2.45. The number of para-hydroxylation sites is 1. The molecule has 1 fully saturated rings. The zero-order valence-corrected chi connectivity index (χ0v) is 15.6. The maximum absolute atomic E-state index is 14.1. The molecule has 0 unspecified atom stereocenters. The van der Waals surface area contributed by atoms with E-state index in [4.69, 9.17) is 16.3 Å². The van der Waals surface area contributed by atoms with Gasteiger partial charge in [-0.15, -0.1) is 0 Å². The van der Waals surface area contributed by atoms with Crippen LogP contribution in [0, 0.1) is 5.82 Å². The van der Waals surface area contributed by atoms with Crippen LogP contribution in [0.15, 0.2) is 84.9 Å². The highest BCUT2D eigenvalue weighted by molar-refractivity contribution is 6.30. The van der Waals surface area contributed by atoms with Gasteiger partial charge in [0, 0.05) is 10.4 Å². The zero-order valence-electron chi connectivity index (χ0n) is 14.9. The van der Waals surface area contributed by atoms with Gasteiger partial charge in [0.2, 0.25) is 0 Å². The molecule has 27 heavy (non-hydrogen) atoms. The van der Waals surface area contributed by atoms with Crippen molar-refractivity contribution in [2.75, 3.05) is 0 Å². The molecular formula is C24H20ClFO. The fourth-order valence-corrected chi connectivity index (χ4v) is 3.38. The Morgan fingerprint density at radius 2 is 1.70 bits per heavy atom. The van der Waals surface area contributed by atoms with Gasteiger partial charge in [0.25, 0.3) is 0 Å². The second-order valence-electron chi connectivity index (χ2n) is 6.95. The molecule has 3 aromatic rings. The molecule has 3 heteroatoms. The van der Waals surface area contributed by atoms with Crippen molar-refractivity contribution in [3.8, 4) is 11.5 Å². The molecular weight excluding hydrogens is 359 g/mol. The van der Waals surface area contributed by atoms with Gasteiger partial charge in [0.15, 0.2) is 11.6 Å². The van der Waals surface area contributed by atoms with Crippen LogP contribution >= 0.6 is 11.6 Å². The van der Waals surface area contributed by atoms with E-state index in [0.717, 1.165) is 29.8 Å². The van der Waals surface area contributed by atoms with Crippen molar-refractivity contribution in [3.63, 3.8) is 0 Å². The highest BCUT2D eigenvalue weighted by Gasteiger charge is 2.41. The van der Waals surface area contributed by atoms with E-state index in [1.165, 1.54) is 11.6 Å². The van der Waals surface area contributed by atoms with Gasteiger partial charge in [0.1, 0.15) is 5.75 Å². The van der Waals surface area contributed by atoms with Gasteiger partial charge in [-0.05, 0) is 66.8 Å². The minimum Gasteiger partial charge on any atom is -0.454 e. The molecule has 136 valence electrons. The first-order valence-electron chi connectivity index (χ1n) is 9.10. The number of hydrogen-bond acceptors (Lipinski definition) is 1. The van der Waals surface area contributed by atoms with Crippen LogP contribution < -0.4 is 4.74 Å². The highest BCUT2D eigenvalue weighted by Crippen LogP contribution is 2.49. The van der Waals surface area contributed by atoms with Crippen LogP contribution in [0.4, 0.5) is 4.39 Å². The van der Waals surface area contributed by atoms with Crippen LogP contribution in [0.3, 0.4) is 0 Å². The normalized spacial score (nSPS) is 15.0. The number of rotatable bonds is 6. The molecule has 0 saturated heterocycles. The number of allylic oxidation sites excluding steroid dienone is 2. The molecule has 1 aliphatic rings. The number of halogens is 2. The molecule has 0 aromatic heterocycles. The molecule has 0 amide bonds. The molecule has 0 aliphatic heterocycles. The van der Waals surface area contributed by atoms with E-state index in [-0.39, 0.29) is 17.0 Å².